The molecule has 0 saturated heterocycles. The minimum absolute atomic E-state index is 0.119. The summed E-state index contributed by atoms with van der Waals surface area (Å²) in [7, 11) is 0. The lowest BCUT2D eigenvalue weighted by atomic mass is 10.0. The maximum Gasteiger partial charge on any atom is 0.174 e. The van der Waals surface area contributed by atoms with Gasteiger partial charge in [-0.1, -0.05) is 19.0 Å². The van der Waals surface area contributed by atoms with Crippen molar-refractivity contribution in [3.63, 3.8) is 0 Å². The fourth-order valence-corrected chi connectivity index (χ4v) is 1.44. The van der Waals surface area contributed by atoms with E-state index in [-0.39, 0.29) is 11.7 Å². The Morgan fingerprint density at radius 1 is 1.43 bits per heavy atom. The number of rotatable bonds is 1. The van der Waals surface area contributed by atoms with Gasteiger partial charge in [0.25, 0.3) is 0 Å². The number of nitrogens with two attached hydrogens (primary N) is 1. The monoisotopic (exact) mass is 194 g/mol. The minimum Gasteiger partial charge on any atom is -0.380 e. The zero-order valence-electron chi connectivity index (χ0n) is 8.04. The number of anilines is 1. The van der Waals surface area contributed by atoms with Gasteiger partial charge in [0.15, 0.2) is 11.4 Å². The predicted molar refractivity (Wildman–Crippen MR) is 52.5 cm³/mol. The van der Waals surface area contributed by atoms with Crippen LogP contribution in [0.3, 0.4) is 0 Å². The number of benzene rings is 1. The van der Waals surface area contributed by atoms with E-state index in [1.165, 1.54) is 6.07 Å². The van der Waals surface area contributed by atoms with Crippen molar-refractivity contribution < 1.29 is 8.91 Å². The summed E-state index contributed by atoms with van der Waals surface area (Å²) < 4.78 is 18.3. The number of aromatic nitrogens is 1. The van der Waals surface area contributed by atoms with Crippen LogP contribution in [0, 0.1) is 5.82 Å². The summed E-state index contributed by atoms with van der Waals surface area (Å²) in [6, 6.07) is 3.02. The Morgan fingerprint density at radius 3 is 2.79 bits per heavy atom. The number of fused-ring (bicyclic) bond motifs is 1. The van der Waals surface area contributed by atoms with Gasteiger partial charge in [-0.05, 0) is 17.5 Å². The molecule has 4 heteroatoms. The summed E-state index contributed by atoms with van der Waals surface area (Å²) in [6.45, 7) is 3.85. The van der Waals surface area contributed by atoms with Crippen LogP contribution in [0.4, 0.5) is 10.2 Å². The molecule has 0 spiro atoms. The molecule has 0 radical (unpaired) electrons. The van der Waals surface area contributed by atoms with E-state index in [1.54, 1.807) is 6.07 Å². The molecule has 0 atom stereocenters. The number of nitrogen functional groups attached to an aromatic ring is 1. The van der Waals surface area contributed by atoms with Crippen LogP contribution in [-0.4, -0.2) is 5.16 Å². The quantitative estimate of drug-likeness (QED) is 0.759. The molecule has 0 bridgehead atoms. The van der Waals surface area contributed by atoms with Gasteiger partial charge in [-0.3, -0.25) is 0 Å². The molecule has 0 fully saturated rings. The highest BCUT2D eigenvalue weighted by molar-refractivity contribution is 5.87. The van der Waals surface area contributed by atoms with Crippen molar-refractivity contribution in [2.75, 3.05) is 5.73 Å². The Hall–Kier alpha value is -1.58. The van der Waals surface area contributed by atoms with Crippen LogP contribution in [0.15, 0.2) is 16.7 Å². The summed E-state index contributed by atoms with van der Waals surface area (Å²) in [6.07, 6.45) is 0. The molecule has 0 unspecified atom stereocenters. The van der Waals surface area contributed by atoms with Crippen molar-refractivity contribution in [3.8, 4) is 0 Å². The van der Waals surface area contributed by atoms with Gasteiger partial charge >= 0.3 is 0 Å². The summed E-state index contributed by atoms with van der Waals surface area (Å²) >= 11 is 0. The van der Waals surface area contributed by atoms with Crippen LogP contribution in [0.25, 0.3) is 11.0 Å². The van der Waals surface area contributed by atoms with Gasteiger partial charge < -0.3 is 10.3 Å². The van der Waals surface area contributed by atoms with E-state index in [9.17, 15) is 4.39 Å². The second-order valence-electron chi connectivity index (χ2n) is 3.59. The van der Waals surface area contributed by atoms with E-state index in [0.717, 1.165) is 0 Å². The molecule has 2 rings (SSSR count). The molecule has 1 heterocycles. The third-order valence-corrected chi connectivity index (χ3v) is 2.24. The van der Waals surface area contributed by atoms with Crippen LogP contribution in [-0.2, 0) is 0 Å². The molecule has 3 nitrogen and oxygen atoms in total. The first-order chi connectivity index (χ1) is 6.59. The average molecular weight is 194 g/mol. The number of hydrogen-bond acceptors (Lipinski definition) is 3. The maximum absolute atomic E-state index is 13.5. The lowest BCUT2D eigenvalue weighted by Gasteiger charge is -2.05. The van der Waals surface area contributed by atoms with Gasteiger partial charge in [0.1, 0.15) is 5.82 Å². The van der Waals surface area contributed by atoms with Crippen LogP contribution >= 0.6 is 0 Å². The minimum atomic E-state index is -0.274. The highest BCUT2D eigenvalue weighted by atomic mass is 19.1. The van der Waals surface area contributed by atoms with Crippen LogP contribution in [0.1, 0.15) is 25.3 Å². The smallest absolute Gasteiger partial charge is 0.174 e. The van der Waals surface area contributed by atoms with E-state index < -0.39 is 0 Å². The second kappa shape index (κ2) is 2.97. The first-order valence-corrected chi connectivity index (χ1v) is 4.44. The summed E-state index contributed by atoms with van der Waals surface area (Å²) in [5.74, 6) is 0.152. The Morgan fingerprint density at radius 2 is 2.14 bits per heavy atom. The number of halogens is 1. The van der Waals surface area contributed by atoms with Gasteiger partial charge in [-0.25, -0.2) is 4.39 Å². The van der Waals surface area contributed by atoms with E-state index in [2.05, 4.69) is 5.16 Å². The van der Waals surface area contributed by atoms with Crippen molar-refractivity contribution in [2.24, 2.45) is 0 Å². The standard InChI is InChI=1S/C10H11FN2O/c1-5(2)6-3-7-9(4-8(6)11)14-13-10(7)12/h3-5H,1-2H3,(H2,12,13). The Bertz CT molecular complexity index is 476. The largest absolute Gasteiger partial charge is 0.380 e. The molecule has 14 heavy (non-hydrogen) atoms. The lowest BCUT2D eigenvalue weighted by Crippen LogP contribution is -1.93. The average Bonchev–Trinajstić information content (AvgIpc) is 2.46. The normalized spacial score (nSPS) is 11.4. The molecule has 0 aliphatic heterocycles. The number of hydrogen-bond donors (Lipinski definition) is 1. The van der Waals surface area contributed by atoms with Crippen molar-refractivity contribution >= 4 is 16.8 Å². The molecule has 2 N–H and O–H groups in total. The first kappa shape index (κ1) is 8.99. The summed E-state index contributed by atoms with van der Waals surface area (Å²) in [5.41, 5.74) is 6.59. The second-order valence-corrected chi connectivity index (χ2v) is 3.59. The van der Waals surface area contributed by atoms with Gasteiger partial charge in [0.05, 0.1) is 5.39 Å². The molecule has 1 aromatic heterocycles. The maximum atomic E-state index is 13.5. The van der Waals surface area contributed by atoms with E-state index in [4.69, 9.17) is 10.3 Å². The Labute approximate surface area is 80.7 Å². The molecule has 0 saturated carbocycles. The van der Waals surface area contributed by atoms with E-state index >= 15 is 0 Å². The zero-order chi connectivity index (χ0) is 10.3. The third kappa shape index (κ3) is 1.23. The molecule has 0 aliphatic rings. The Balaban J connectivity index is 2.74. The molecule has 2 aromatic rings. The lowest BCUT2D eigenvalue weighted by molar-refractivity contribution is 0.458. The molecule has 74 valence electrons. The first-order valence-electron chi connectivity index (χ1n) is 4.44. The van der Waals surface area contributed by atoms with Crippen LogP contribution in [0.5, 0.6) is 0 Å². The summed E-state index contributed by atoms with van der Waals surface area (Å²) in [5, 5.41) is 4.25. The fraction of sp³-hybridized carbons (Fsp3) is 0.300. The van der Waals surface area contributed by atoms with Crippen molar-refractivity contribution in [2.45, 2.75) is 19.8 Å². The zero-order valence-corrected chi connectivity index (χ0v) is 8.04. The van der Waals surface area contributed by atoms with E-state index in [0.29, 0.717) is 22.4 Å². The molecular formula is C10H11FN2O. The third-order valence-electron chi connectivity index (χ3n) is 2.24. The fourth-order valence-electron chi connectivity index (χ4n) is 1.44. The highest BCUT2D eigenvalue weighted by Gasteiger charge is 2.12. The van der Waals surface area contributed by atoms with Crippen molar-refractivity contribution in [3.05, 3.63) is 23.5 Å². The predicted octanol–water partition coefficient (Wildman–Crippen LogP) is 2.67. The van der Waals surface area contributed by atoms with E-state index in [1.807, 2.05) is 13.8 Å². The van der Waals surface area contributed by atoms with Gasteiger partial charge in [-0.2, -0.15) is 0 Å². The highest BCUT2D eigenvalue weighted by Crippen LogP contribution is 2.27. The van der Waals surface area contributed by atoms with Crippen LogP contribution in [0.2, 0.25) is 0 Å². The van der Waals surface area contributed by atoms with Crippen molar-refractivity contribution in [1.82, 2.24) is 5.16 Å². The summed E-state index contributed by atoms with van der Waals surface area (Å²) in [4.78, 5) is 0. The van der Waals surface area contributed by atoms with Crippen molar-refractivity contribution in [1.29, 1.82) is 0 Å². The molecular weight excluding hydrogens is 183 g/mol. The van der Waals surface area contributed by atoms with Gasteiger partial charge in [0.2, 0.25) is 0 Å². The topological polar surface area (TPSA) is 52.0 Å². The van der Waals surface area contributed by atoms with Gasteiger partial charge in [0, 0.05) is 6.07 Å². The molecule has 0 aliphatic carbocycles. The number of nitrogens with zero attached hydrogens (tertiary/aromatic N) is 1. The molecule has 0 amide bonds. The SMILES string of the molecule is CC(C)c1cc2c(N)noc2cc1F. The van der Waals surface area contributed by atoms with Gasteiger partial charge in [-0.15, -0.1) is 0 Å². The van der Waals surface area contributed by atoms with Crippen LogP contribution < -0.4 is 5.73 Å². The molecule has 1 aromatic carbocycles. The Kier molecular flexibility index (Phi) is 1.91.